The fourth-order valence-electron chi connectivity index (χ4n) is 3.02. The van der Waals surface area contributed by atoms with Gasteiger partial charge in [0, 0.05) is 22.8 Å². The topological polar surface area (TPSA) is 49.4 Å². The second-order valence-electron chi connectivity index (χ2n) is 7.63. The second-order valence-corrected chi connectivity index (χ2v) is 9.53. The van der Waals surface area contributed by atoms with Gasteiger partial charge in [-0.2, -0.15) is 0 Å². The molecule has 0 fully saturated rings. The molecule has 0 aliphatic rings. The van der Waals surface area contributed by atoms with Crippen LogP contribution in [0.25, 0.3) is 0 Å². The minimum Gasteiger partial charge on any atom is -0.352 e. The van der Waals surface area contributed by atoms with Gasteiger partial charge in [-0.1, -0.05) is 64.8 Å². The van der Waals surface area contributed by atoms with Crippen molar-refractivity contribution in [2.24, 2.45) is 0 Å². The zero-order valence-electron chi connectivity index (χ0n) is 18.2. The first-order valence-corrected chi connectivity index (χ1v) is 12.2. The van der Waals surface area contributed by atoms with Gasteiger partial charge in [0.1, 0.15) is 6.04 Å². The molecule has 0 spiro atoms. The van der Waals surface area contributed by atoms with Gasteiger partial charge in [-0.15, -0.1) is 11.8 Å². The van der Waals surface area contributed by atoms with E-state index in [2.05, 4.69) is 46.4 Å². The van der Waals surface area contributed by atoms with Gasteiger partial charge in [0.25, 0.3) is 0 Å². The molecule has 0 heterocycles. The van der Waals surface area contributed by atoms with Gasteiger partial charge in [0.15, 0.2) is 0 Å². The van der Waals surface area contributed by atoms with Crippen LogP contribution in [-0.4, -0.2) is 34.6 Å². The monoisotopic (exact) mass is 490 g/mol. The highest BCUT2D eigenvalue weighted by atomic mass is 79.9. The van der Waals surface area contributed by atoms with Gasteiger partial charge in [-0.3, -0.25) is 9.59 Å². The number of thioether (sulfide) groups is 1. The first-order valence-electron chi connectivity index (χ1n) is 10.3. The van der Waals surface area contributed by atoms with E-state index < -0.39 is 6.04 Å². The third kappa shape index (κ3) is 7.80. The summed E-state index contributed by atoms with van der Waals surface area (Å²) < 4.78 is 0.956. The Morgan fingerprint density at radius 1 is 1.10 bits per heavy atom. The van der Waals surface area contributed by atoms with E-state index in [1.165, 1.54) is 11.1 Å². The number of nitrogens with one attached hydrogen (secondary N) is 1. The summed E-state index contributed by atoms with van der Waals surface area (Å²) in [6.07, 6.45) is 0.852. The highest BCUT2D eigenvalue weighted by molar-refractivity contribution is 9.10. The molecule has 0 unspecified atom stereocenters. The lowest BCUT2D eigenvalue weighted by atomic mass is 10.1. The van der Waals surface area contributed by atoms with Crippen LogP contribution in [0.4, 0.5) is 0 Å². The number of carbonyl (C=O) groups excluding carboxylic acids is 2. The molecule has 0 aliphatic carbocycles. The first-order chi connectivity index (χ1) is 14.3. The lowest BCUT2D eigenvalue weighted by molar-refractivity contribution is -0.138. The molecule has 0 aliphatic heterocycles. The molecule has 4 nitrogen and oxygen atoms in total. The molecule has 0 aromatic heterocycles. The molecule has 0 radical (unpaired) electrons. The second kappa shape index (κ2) is 12.2. The number of nitrogens with zero attached hydrogens (tertiary/aromatic N) is 1. The number of halogens is 1. The summed E-state index contributed by atoms with van der Waals surface area (Å²) in [5.41, 5.74) is 3.41. The predicted molar refractivity (Wildman–Crippen MR) is 129 cm³/mol. The summed E-state index contributed by atoms with van der Waals surface area (Å²) in [6, 6.07) is 15.7. The van der Waals surface area contributed by atoms with Gasteiger partial charge in [0.05, 0.1) is 5.75 Å². The van der Waals surface area contributed by atoms with Gasteiger partial charge >= 0.3 is 0 Å². The van der Waals surface area contributed by atoms with E-state index in [1.54, 1.807) is 23.6 Å². The van der Waals surface area contributed by atoms with Crippen LogP contribution >= 0.6 is 27.7 Å². The maximum atomic E-state index is 13.1. The fraction of sp³-hybridized carbons (Fsp3) is 0.417. The molecule has 2 rings (SSSR count). The molecule has 2 aromatic rings. The molecule has 2 amide bonds. The highest BCUT2D eigenvalue weighted by Gasteiger charge is 2.26. The Hall–Kier alpha value is -1.79. The summed E-state index contributed by atoms with van der Waals surface area (Å²) in [5, 5.41) is 3.00. The SMILES string of the molecule is CC[C@H](C)NC(=O)[C@@H](C)N(Cc1cccc(Br)c1)C(=O)CSCc1cccc(C)c1. The van der Waals surface area contributed by atoms with Crippen molar-refractivity contribution in [2.75, 3.05) is 5.75 Å². The molecule has 0 saturated carbocycles. The van der Waals surface area contributed by atoms with Gasteiger partial charge < -0.3 is 10.2 Å². The van der Waals surface area contributed by atoms with E-state index in [0.717, 1.165) is 22.2 Å². The van der Waals surface area contributed by atoms with Crippen molar-refractivity contribution in [1.29, 1.82) is 0 Å². The number of hydrogen-bond donors (Lipinski definition) is 1. The minimum atomic E-state index is -0.537. The number of rotatable bonds is 10. The summed E-state index contributed by atoms with van der Waals surface area (Å²) in [4.78, 5) is 27.5. The maximum Gasteiger partial charge on any atom is 0.242 e. The van der Waals surface area contributed by atoms with Crippen molar-refractivity contribution in [3.8, 4) is 0 Å². The van der Waals surface area contributed by atoms with E-state index in [9.17, 15) is 9.59 Å². The van der Waals surface area contributed by atoms with E-state index in [4.69, 9.17) is 0 Å². The minimum absolute atomic E-state index is 0.0283. The lowest BCUT2D eigenvalue weighted by Crippen LogP contribution is -2.50. The average molecular weight is 491 g/mol. The van der Waals surface area contributed by atoms with Gasteiger partial charge in [0.2, 0.25) is 11.8 Å². The standard InChI is InChI=1S/C24H31BrN2O2S/c1-5-18(3)26-24(29)19(4)27(14-20-9-7-11-22(25)13-20)23(28)16-30-15-21-10-6-8-17(2)12-21/h6-13,18-19H,5,14-16H2,1-4H3,(H,26,29)/t18-,19+/m0/s1. The first kappa shape index (κ1) is 24.5. The molecule has 162 valence electrons. The Labute approximate surface area is 192 Å². The average Bonchev–Trinajstić information content (AvgIpc) is 2.71. The quantitative estimate of drug-likeness (QED) is 0.489. The Morgan fingerprint density at radius 3 is 2.47 bits per heavy atom. The lowest BCUT2D eigenvalue weighted by Gasteiger charge is -2.29. The number of hydrogen-bond acceptors (Lipinski definition) is 3. The van der Waals surface area contributed by atoms with Crippen molar-refractivity contribution < 1.29 is 9.59 Å². The van der Waals surface area contributed by atoms with Gasteiger partial charge in [-0.05, 0) is 50.5 Å². The normalized spacial score (nSPS) is 12.8. The predicted octanol–water partition coefficient (Wildman–Crippen LogP) is 5.32. The highest BCUT2D eigenvalue weighted by Crippen LogP contribution is 2.18. The van der Waals surface area contributed by atoms with Crippen LogP contribution < -0.4 is 5.32 Å². The smallest absolute Gasteiger partial charge is 0.242 e. The van der Waals surface area contributed by atoms with E-state index >= 15 is 0 Å². The van der Waals surface area contributed by atoms with Crippen LogP contribution in [0.1, 0.15) is 43.9 Å². The van der Waals surface area contributed by atoms with Crippen LogP contribution in [0, 0.1) is 6.92 Å². The fourth-order valence-corrected chi connectivity index (χ4v) is 4.33. The van der Waals surface area contributed by atoms with Crippen LogP contribution in [-0.2, 0) is 21.9 Å². The molecule has 0 saturated heterocycles. The summed E-state index contributed by atoms with van der Waals surface area (Å²) in [6.45, 7) is 8.28. The largest absolute Gasteiger partial charge is 0.352 e. The molecule has 2 aromatic carbocycles. The third-order valence-electron chi connectivity index (χ3n) is 4.99. The Balaban J connectivity index is 2.08. The Morgan fingerprint density at radius 2 is 1.80 bits per heavy atom. The Bertz CT molecular complexity index is 859. The van der Waals surface area contributed by atoms with Crippen molar-refractivity contribution in [3.05, 3.63) is 69.7 Å². The summed E-state index contributed by atoms with van der Waals surface area (Å²) >= 11 is 5.06. The van der Waals surface area contributed by atoms with E-state index in [-0.39, 0.29) is 17.9 Å². The number of amides is 2. The van der Waals surface area contributed by atoms with Crippen molar-refractivity contribution >= 4 is 39.5 Å². The van der Waals surface area contributed by atoms with Crippen LogP contribution in [0.3, 0.4) is 0 Å². The van der Waals surface area contributed by atoms with Gasteiger partial charge in [-0.25, -0.2) is 0 Å². The van der Waals surface area contributed by atoms with Crippen LogP contribution in [0.5, 0.6) is 0 Å². The summed E-state index contributed by atoms with van der Waals surface area (Å²) in [7, 11) is 0. The van der Waals surface area contributed by atoms with Crippen molar-refractivity contribution in [1.82, 2.24) is 10.2 Å². The summed E-state index contributed by atoms with van der Waals surface area (Å²) in [5.74, 6) is 0.963. The van der Waals surface area contributed by atoms with E-state index in [0.29, 0.717) is 12.3 Å². The third-order valence-corrected chi connectivity index (χ3v) is 6.47. The Kier molecular flexibility index (Phi) is 9.92. The van der Waals surface area contributed by atoms with Crippen molar-refractivity contribution in [2.45, 2.75) is 58.5 Å². The molecule has 2 atom stereocenters. The molecule has 1 N–H and O–H groups in total. The number of carbonyl (C=O) groups is 2. The molecule has 30 heavy (non-hydrogen) atoms. The zero-order valence-corrected chi connectivity index (χ0v) is 20.6. The number of benzene rings is 2. The van der Waals surface area contributed by atoms with Crippen LogP contribution in [0.15, 0.2) is 53.0 Å². The molecule has 0 bridgehead atoms. The van der Waals surface area contributed by atoms with Crippen molar-refractivity contribution in [3.63, 3.8) is 0 Å². The molecular formula is C24H31BrN2O2S. The zero-order chi connectivity index (χ0) is 22.1. The number of aryl methyl sites for hydroxylation is 1. The molecular weight excluding hydrogens is 460 g/mol. The van der Waals surface area contributed by atoms with E-state index in [1.807, 2.05) is 44.2 Å². The molecule has 6 heteroatoms. The maximum absolute atomic E-state index is 13.1. The van der Waals surface area contributed by atoms with Crippen LogP contribution in [0.2, 0.25) is 0 Å².